The van der Waals surface area contributed by atoms with Crippen molar-refractivity contribution in [2.75, 3.05) is 25.4 Å². The zero-order valence-electron chi connectivity index (χ0n) is 11.8. The van der Waals surface area contributed by atoms with Gasteiger partial charge in [0.25, 0.3) is 0 Å². The van der Waals surface area contributed by atoms with Crippen LogP contribution in [0.2, 0.25) is 0 Å². The van der Waals surface area contributed by atoms with Crippen LogP contribution in [0.4, 0.5) is 0 Å². The maximum atomic E-state index is 12.2. The molecule has 1 aromatic carbocycles. The lowest BCUT2D eigenvalue weighted by Crippen LogP contribution is -2.36. The number of piperidine rings is 1. The maximum absolute atomic E-state index is 12.2. The number of unbranched alkanes of at least 4 members (excludes halogenated alkanes) is 1. The number of hydrogen-bond acceptors (Lipinski definition) is 4. The number of sulfone groups is 1. The van der Waals surface area contributed by atoms with Gasteiger partial charge in [-0.25, -0.2) is 8.42 Å². The van der Waals surface area contributed by atoms with E-state index in [0.29, 0.717) is 13.0 Å². The lowest BCUT2D eigenvalue weighted by Gasteiger charge is -2.22. The van der Waals surface area contributed by atoms with E-state index in [1.807, 2.05) is 30.3 Å². The monoisotopic (exact) mass is 297 g/mol. The topological polar surface area (TPSA) is 55.4 Å². The van der Waals surface area contributed by atoms with E-state index in [1.54, 1.807) is 0 Å². The minimum Gasteiger partial charge on any atom is -0.494 e. The Morgan fingerprint density at radius 1 is 1.10 bits per heavy atom. The normalized spacial score (nSPS) is 17.0. The lowest BCUT2D eigenvalue weighted by molar-refractivity contribution is 0.309. The summed E-state index contributed by atoms with van der Waals surface area (Å²) in [6, 6.07) is 9.61. The maximum Gasteiger partial charge on any atom is 0.153 e. The van der Waals surface area contributed by atoms with E-state index in [4.69, 9.17) is 4.74 Å². The predicted molar refractivity (Wildman–Crippen MR) is 80.8 cm³/mol. The van der Waals surface area contributed by atoms with Gasteiger partial charge in [0.2, 0.25) is 0 Å². The molecule has 0 aliphatic carbocycles. The molecule has 20 heavy (non-hydrogen) atoms. The summed E-state index contributed by atoms with van der Waals surface area (Å²) in [6.45, 7) is 2.22. The van der Waals surface area contributed by atoms with Crippen LogP contribution >= 0.6 is 0 Å². The predicted octanol–water partition coefficient (Wildman–Crippen LogP) is 2.01. The van der Waals surface area contributed by atoms with E-state index >= 15 is 0 Å². The Labute approximate surface area is 121 Å². The fourth-order valence-electron chi connectivity index (χ4n) is 2.43. The van der Waals surface area contributed by atoms with E-state index < -0.39 is 9.84 Å². The fourth-order valence-corrected chi connectivity index (χ4v) is 4.33. The van der Waals surface area contributed by atoms with E-state index in [1.165, 1.54) is 0 Å². The molecule has 0 atom stereocenters. The molecule has 4 nitrogen and oxygen atoms in total. The van der Waals surface area contributed by atoms with Gasteiger partial charge in [-0.15, -0.1) is 0 Å². The summed E-state index contributed by atoms with van der Waals surface area (Å²) in [4.78, 5) is 0. The average Bonchev–Trinajstić information content (AvgIpc) is 2.49. The van der Waals surface area contributed by atoms with E-state index in [9.17, 15) is 8.42 Å². The highest BCUT2D eigenvalue weighted by atomic mass is 32.2. The first-order valence-corrected chi connectivity index (χ1v) is 9.00. The smallest absolute Gasteiger partial charge is 0.153 e. The van der Waals surface area contributed by atoms with Gasteiger partial charge in [-0.3, -0.25) is 0 Å². The van der Waals surface area contributed by atoms with Crippen molar-refractivity contribution >= 4 is 9.84 Å². The first kappa shape index (κ1) is 15.3. The van der Waals surface area contributed by atoms with Crippen LogP contribution in [0.5, 0.6) is 5.75 Å². The summed E-state index contributed by atoms with van der Waals surface area (Å²) in [5.74, 6) is 1.13. The molecule has 0 radical (unpaired) electrons. The number of nitrogens with one attached hydrogen (secondary N) is 1. The molecule has 1 aliphatic rings. The number of ether oxygens (including phenoxy) is 1. The van der Waals surface area contributed by atoms with Crippen molar-refractivity contribution in [3.8, 4) is 5.75 Å². The van der Waals surface area contributed by atoms with Gasteiger partial charge >= 0.3 is 0 Å². The molecule has 1 fully saturated rings. The molecule has 1 saturated heterocycles. The Hall–Kier alpha value is -1.07. The van der Waals surface area contributed by atoms with Gasteiger partial charge in [-0.1, -0.05) is 18.2 Å². The fraction of sp³-hybridized carbons (Fsp3) is 0.600. The Morgan fingerprint density at radius 2 is 1.80 bits per heavy atom. The van der Waals surface area contributed by atoms with E-state index in [-0.39, 0.29) is 11.0 Å². The second-order valence-electron chi connectivity index (χ2n) is 5.18. The zero-order valence-corrected chi connectivity index (χ0v) is 12.6. The van der Waals surface area contributed by atoms with Crippen LogP contribution in [0.15, 0.2) is 30.3 Å². The van der Waals surface area contributed by atoms with Crippen LogP contribution in [0.1, 0.15) is 25.7 Å². The van der Waals surface area contributed by atoms with Gasteiger partial charge in [0.05, 0.1) is 17.6 Å². The summed E-state index contributed by atoms with van der Waals surface area (Å²) in [5, 5.41) is 3.06. The summed E-state index contributed by atoms with van der Waals surface area (Å²) in [5.41, 5.74) is 0. The largest absolute Gasteiger partial charge is 0.494 e. The molecule has 0 saturated carbocycles. The summed E-state index contributed by atoms with van der Waals surface area (Å²) in [7, 11) is -2.92. The van der Waals surface area contributed by atoms with Crippen LogP contribution in [-0.2, 0) is 9.84 Å². The molecule has 112 valence electrons. The minimum atomic E-state index is -2.92. The number of para-hydroxylation sites is 1. The lowest BCUT2D eigenvalue weighted by atomic mass is 10.2. The first-order valence-electron chi connectivity index (χ1n) is 7.28. The Bertz CT molecular complexity index is 481. The Balaban J connectivity index is 1.65. The van der Waals surface area contributed by atoms with Crippen molar-refractivity contribution in [2.24, 2.45) is 0 Å². The van der Waals surface area contributed by atoms with Gasteiger partial charge in [0.1, 0.15) is 5.75 Å². The second-order valence-corrected chi connectivity index (χ2v) is 7.59. The molecule has 0 spiro atoms. The first-order chi connectivity index (χ1) is 9.68. The third-order valence-electron chi connectivity index (χ3n) is 3.63. The molecule has 1 N–H and O–H groups in total. The summed E-state index contributed by atoms with van der Waals surface area (Å²) in [6.07, 6.45) is 2.96. The molecular weight excluding hydrogens is 274 g/mol. The van der Waals surface area contributed by atoms with Gasteiger partial charge in [-0.05, 0) is 50.9 Å². The summed E-state index contributed by atoms with van der Waals surface area (Å²) < 4.78 is 29.9. The van der Waals surface area contributed by atoms with Gasteiger partial charge in [0.15, 0.2) is 9.84 Å². The van der Waals surface area contributed by atoms with Gasteiger partial charge < -0.3 is 10.1 Å². The van der Waals surface area contributed by atoms with Crippen molar-refractivity contribution in [1.29, 1.82) is 0 Å². The van der Waals surface area contributed by atoms with Crippen LogP contribution in [-0.4, -0.2) is 39.1 Å². The van der Waals surface area contributed by atoms with Crippen molar-refractivity contribution < 1.29 is 13.2 Å². The quantitative estimate of drug-likeness (QED) is 0.782. The molecule has 2 rings (SSSR count). The molecular formula is C15H23NO3S. The Kier molecular flexibility index (Phi) is 5.86. The van der Waals surface area contributed by atoms with Gasteiger partial charge in [0, 0.05) is 0 Å². The van der Waals surface area contributed by atoms with Crippen LogP contribution in [0, 0.1) is 0 Å². The number of rotatable bonds is 7. The van der Waals surface area contributed by atoms with Gasteiger partial charge in [-0.2, -0.15) is 0 Å². The van der Waals surface area contributed by atoms with Crippen molar-refractivity contribution in [2.45, 2.75) is 30.9 Å². The average molecular weight is 297 g/mol. The molecule has 1 heterocycles. The van der Waals surface area contributed by atoms with Crippen LogP contribution in [0.25, 0.3) is 0 Å². The Morgan fingerprint density at radius 3 is 2.50 bits per heavy atom. The molecule has 0 bridgehead atoms. The number of hydrogen-bond donors (Lipinski definition) is 1. The van der Waals surface area contributed by atoms with Crippen molar-refractivity contribution in [3.63, 3.8) is 0 Å². The molecule has 0 amide bonds. The van der Waals surface area contributed by atoms with Crippen molar-refractivity contribution in [3.05, 3.63) is 30.3 Å². The third-order valence-corrected chi connectivity index (χ3v) is 5.97. The SMILES string of the molecule is O=S(=O)(CCCCOc1ccccc1)C1CCNCC1. The third kappa shape index (κ3) is 4.80. The molecule has 1 aliphatic heterocycles. The minimum absolute atomic E-state index is 0.140. The highest BCUT2D eigenvalue weighted by Gasteiger charge is 2.26. The van der Waals surface area contributed by atoms with E-state index in [2.05, 4.69) is 5.32 Å². The molecule has 1 aromatic rings. The standard InChI is InChI=1S/C15H23NO3S/c17-20(18,15-8-10-16-11-9-15)13-5-4-12-19-14-6-2-1-3-7-14/h1-3,6-7,15-16H,4-5,8-13H2. The molecule has 5 heteroatoms. The zero-order chi connectivity index (χ0) is 14.3. The molecule has 0 aromatic heterocycles. The van der Waals surface area contributed by atoms with Crippen LogP contribution < -0.4 is 10.1 Å². The highest BCUT2D eigenvalue weighted by molar-refractivity contribution is 7.92. The number of benzene rings is 1. The molecule has 0 unspecified atom stereocenters. The van der Waals surface area contributed by atoms with E-state index in [0.717, 1.165) is 38.1 Å². The highest BCUT2D eigenvalue weighted by Crippen LogP contribution is 2.16. The second kappa shape index (κ2) is 7.64. The van der Waals surface area contributed by atoms with Crippen LogP contribution in [0.3, 0.4) is 0 Å². The summed E-state index contributed by atoms with van der Waals surface area (Å²) >= 11 is 0. The van der Waals surface area contributed by atoms with Crippen molar-refractivity contribution in [1.82, 2.24) is 5.32 Å².